The largest absolute Gasteiger partial charge is 0.489 e. The molecule has 5 heteroatoms. The molecule has 0 saturated heterocycles. The lowest BCUT2D eigenvalue weighted by atomic mass is 10.0. The highest BCUT2D eigenvalue weighted by molar-refractivity contribution is 7.86. The molecular weight excluding hydrogens is 291 g/mol. The van der Waals surface area contributed by atoms with E-state index in [9.17, 15) is 12.3 Å². The fourth-order valence-electron chi connectivity index (χ4n) is 2.00. The molecule has 21 heavy (non-hydrogen) atoms. The smallest absolute Gasteiger partial charge is 0.332 e. The molecule has 2 rings (SSSR count). The van der Waals surface area contributed by atoms with E-state index in [0.29, 0.717) is 17.9 Å². The first kappa shape index (κ1) is 15.5. The second kappa shape index (κ2) is 6.26. The van der Waals surface area contributed by atoms with Gasteiger partial charge in [0.1, 0.15) is 12.4 Å². The van der Waals surface area contributed by atoms with Gasteiger partial charge in [-0.1, -0.05) is 44.2 Å². The summed E-state index contributed by atoms with van der Waals surface area (Å²) in [5.74, 6) is 0.596. The van der Waals surface area contributed by atoms with E-state index < -0.39 is 10.2 Å². The van der Waals surface area contributed by atoms with Crippen molar-refractivity contribution in [2.75, 3.05) is 0 Å². The van der Waals surface area contributed by atoms with Crippen LogP contribution in [0.2, 0.25) is 0 Å². The van der Waals surface area contributed by atoms with Gasteiger partial charge in [0, 0.05) is 0 Å². The summed E-state index contributed by atoms with van der Waals surface area (Å²) < 4.78 is 40.8. The molecule has 0 bridgehead atoms. The third-order valence-electron chi connectivity index (χ3n) is 3.12. The number of hydrogen-bond donors (Lipinski definition) is 0. The molecule has 0 aliphatic carbocycles. The maximum atomic E-state index is 13.1. The van der Waals surface area contributed by atoms with Crippen LogP contribution in [0.3, 0.4) is 0 Å². The molecule has 0 saturated carbocycles. The van der Waals surface area contributed by atoms with E-state index in [2.05, 4.69) is 0 Å². The summed E-state index contributed by atoms with van der Waals surface area (Å²) in [7, 11) is -4.70. The Morgan fingerprint density at radius 1 is 1.10 bits per heavy atom. The van der Waals surface area contributed by atoms with Gasteiger partial charge in [0.25, 0.3) is 0 Å². The molecule has 2 aromatic carbocycles. The van der Waals surface area contributed by atoms with Crippen molar-refractivity contribution in [3.05, 3.63) is 59.7 Å². The van der Waals surface area contributed by atoms with E-state index in [1.54, 1.807) is 0 Å². The fourth-order valence-corrected chi connectivity index (χ4v) is 2.49. The minimum absolute atomic E-state index is 0.0254. The lowest BCUT2D eigenvalue weighted by molar-refractivity contribution is 0.301. The second-order valence-electron chi connectivity index (χ2n) is 5.07. The third-order valence-corrected chi connectivity index (χ3v) is 3.94. The van der Waals surface area contributed by atoms with E-state index in [0.717, 1.165) is 5.56 Å². The summed E-state index contributed by atoms with van der Waals surface area (Å²) in [6.07, 6.45) is 0. The average Bonchev–Trinajstić information content (AvgIpc) is 2.45. The van der Waals surface area contributed by atoms with Gasteiger partial charge in [-0.15, -0.1) is 3.89 Å². The van der Waals surface area contributed by atoms with Crippen LogP contribution in [0.15, 0.2) is 53.4 Å². The van der Waals surface area contributed by atoms with Crippen LogP contribution >= 0.6 is 0 Å². The van der Waals surface area contributed by atoms with E-state index in [4.69, 9.17) is 4.74 Å². The summed E-state index contributed by atoms with van der Waals surface area (Å²) >= 11 is 0. The number of halogens is 1. The lowest BCUT2D eigenvalue weighted by Gasteiger charge is -2.15. The summed E-state index contributed by atoms with van der Waals surface area (Å²) in [6, 6.07) is 13.7. The van der Waals surface area contributed by atoms with Gasteiger partial charge in [0.2, 0.25) is 0 Å². The van der Waals surface area contributed by atoms with E-state index in [1.807, 2.05) is 44.2 Å². The number of hydrogen-bond acceptors (Lipinski definition) is 3. The molecule has 0 aliphatic rings. The maximum absolute atomic E-state index is 13.1. The molecule has 0 radical (unpaired) electrons. The Bertz CT molecular complexity index is 710. The molecule has 0 unspecified atom stereocenters. The topological polar surface area (TPSA) is 43.4 Å². The molecular formula is C16H17FO3S. The minimum atomic E-state index is -4.70. The number of ether oxygens (including phenoxy) is 1. The second-order valence-corrected chi connectivity index (χ2v) is 6.41. The predicted octanol–water partition coefficient (Wildman–Crippen LogP) is 4.05. The number of benzene rings is 2. The molecule has 3 nitrogen and oxygen atoms in total. The Labute approximate surface area is 124 Å². The highest BCUT2D eigenvalue weighted by atomic mass is 32.3. The zero-order valence-electron chi connectivity index (χ0n) is 11.9. The van der Waals surface area contributed by atoms with Crippen molar-refractivity contribution in [2.45, 2.75) is 31.3 Å². The Balaban J connectivity index is 2.27. The highest BCUT2D eigenvalue weighted by Gasteiger charge is 2.16. The van der Waals surface area contributed by atoms with Gasteiger partial charge in [0.05, 0.1) is 4.90 Å². The van der Waals surface area contributed by atoms with Crippen molar-refractivity contribution in [1.82, 2.24) is 0 Å². The van der Waals surface area contributed by atoms with Crippen molar-refractivity contribution < 1.29 is 17.0 Å². The molecule has 0 heterocycles. The van der Waals surface area contributed by atoms with Crippen LogP contribution in [0.5, 0.6) is 5.75 Å². The Hall–Kier alpha value is -1.88. The van der Waals surface area contributed by atoms with Gasteiger partial charge in [0.15, 0.2) is 0 Å². The zero-order valence-corrected chi connectivity index (χ0v) is 12.7. The Morgan fingerprint density at radius 3 is 2.33 bits per heavy atom. The van der Waals surface area contributed by atoms with Gasteiger partial charge in [-0.3, -0.25) is 0 Å². The third kappa shape index (κ3) is 4.04. The van der Waals surface area contributed by atoms with Crippen LogP contribution in [-0.2, 0) is 16.8 Å². The van der Waals surface area contributed by atoms with Gasteiger partial charge in [-0.05, 0) is 35.2 Å². The summed E-state index contributed by atoms with van der Waals surface area (Å²) in [5.41, 5.74) is 1.68. The van der Waals surface area contributed by atoms with Gasteiger partial charge < -0.3 is 4.74 Å². The van der Waals surface area contributed by atoms with Crippen molar-refractivity contribution in [3.63, 3.8) is 0 Å². The Kier molecular flexibility index (Phi) is 4.63. The summed E-state index contributed by atoms with van der Waals surface area (Å²) in [5, 5.41) is 0. The van der Waals surface area contributed by atoms with Gasteiger partial charge in [-0.25, -0.2) is 0 Å². The van der Waals surface area contributed by atoms with Crippen molar-refractivity contribution >= 4 is 10.2 Å². The van der Waals surface area contributed by atoms with Crippen LogP contribution in [0.4, 0.5) is 3.89 Å². The van der Waals surface area contributed by atoms with Gasteiger partial charge in [-0.2, -0.15) is 8.42 Å². The standard InChI is InChI=1S/C16H17FO3S/c1-12(2)15-10-14(21(17,18)19)8-9-16(15)20-11-13-6-4-3-5-7-13/h3-10,12H,11H2,1-2H3. The monoisotopic (exact) mass is 308 g/mol. The van der Waals surface area contributed by atoms with E-state index in [1.165, 1.54) is 18.2 Å². The molecule has 0 atom stereocenters. The van der Waals surface area contributed by atoms with Crippen LogP contribution in [0, 0.1) is 0 Å². The van der Waals surface area contributed by atoms with E-state index >= 15 is 0 Å². The van der Waals surface area contributed by atoms with Crippen molar-refractivity contribution in [1.29, 1.82) is 0 Å². The quantitative estimate of drug-likeness (QED) is 0.783. The van der Waals surface area contributed by atoms with Crippen LogP contribution in [-0.4, -0.2) is 8.42 Å². The molecule has 0 N–H and O–H groups in total. The predicted molar refractivity (Wildman–Crippen MR) is 79.6 cm³/mol. The average molecular weight is 308 g/mol. The summed E-state index contributed by atoms with van der Waals surface area (Å²) in [4.78, 5) is -0.335. The molecule has 0 fully saturated rings. The first-order chi connectivity index (χ1) is 9.88. The van der Waals surface area contributed by atoms with Crippen LogP contribution in [0.25, 0.3) is 0 Å². The molecule has 0 spiro atoms. The first-order valence-corrected chi connectivity index (χ1v) is 8.01. The molecule has 0 aliphatic heterocycles. The van der Waals surface area contributed by atoms with Crippen molar-refractivity contribution in [2.24, 2.45) is 0 Å². The molecule has 0 amide bonds. The van der Waals surface area contributed by atoms with Gasteiger partial charge >= 0.3 is 10.2 Å². The van der Waals surface area contributed by atoms with Crippen LogP contribution in [0.1, 0.15) is 30.9 Å². The highest BCUT2D eigenvalue weighted by Crippen LogP contribution is 2.30. The minimum Gasteiger partial charge on any atom is -0.489 e. The maximum Gasteiger partial charge on any atom is 0.332 e. The molecule has 112 valence electrons. The summed E-state index contributed by atoms with van der Waals surface area (Å²) in [6.45, 7) is 4.18. The Morgan fingerprint density at radius 2 is 1.76 bits per heavy atom. The van der Waals surface area contributed by atoms with Crippen LogP contribution < -0.4 is 4.74 Å². The number of rotatable bonds is 5. The fraction of sp³-hybridized carbons (Fsp3) is 0.250. The van der Waals surface area contributed by atoms with Crippen molar-refractivity contribution in [3.8, 4) is 5.75 Å². The molecule has 0 aromatic heterocycles. The SMILES string of the molecule is CC(C)c1cc(S(=O)(=O)F)ccc1OCc1ccccc1. The first-order valence-electron chi connectivity index (χ1n) is 6.63. The van der Waals surface area contributed by atoms with E-state index in [-0.39, 0.29) is 10.8 Å². The molecule has 2 aromatic rings. The normalized spacial score (nSPS) is 11.6. The zero-order chi connectivity index (χ0) is 15.5. The lowest BCUT2D eigenvalue weighted by Crippen LogP contribution is -2.02.